The number of hydrogen-bond donors (Lipinski definition) is 2. The molecule has 0 saturated carbocycles. The van der Waals surface area contributed by atoms with E-state index in [2.05, 4.69) is 5.32 Å². The smallest absolute Gasteiger partial charge is 0.320 e. The van der Waals surface area contributed by atoms with Crippen LogP contribution in [0.5, 0.6) is 5.75 Å². The van der Waals surface area contributed by atoms with Crippen LogP contribution in [0.1, 0.15) is 12.5 Å². The number of nitrogens with one attached hydrogen (secondary N) is 1. The van der Waals surface area contributed by atoms with Crippen molar-refractivity contribution in [2.24, 2.45) is 0 Å². The molecule has 1 aromatic rings. The van der Waals surface area contributed by atoms with Crippen LogP contribution in [0, 0.1) is 5.82 Å². The van der Waals surface area contributed by atoms with Gasteiger partial charge in [-0.2, -0.15) is 0 Å². The first-order valence-corrected chi connectivity index (χ1v) is 4.83. The summed E-state index contributed by atoms with van der Waals surface area (Å²) < 4.78 is 18.0. The Morgan fingerprint density at radius 3 is 2.88 bits per heavy atom. The average Bonchev–Trinajstić information content (AvgIpc) is 2.25. The highest BCUT2D eigenvalue weighted by atomic mass is 19.1. The summed E-state index contributed by atoms with van der Waals surface area (Å²) in [5, 5.41) is 11.4. The Labute approximate surface area is 93.0 Å². The molecule has 0 radical (unpaired) electrons. The van der Waals surface area contributed by atoms with Crippen LogP contribution in [-0.4, -0.2) is 24.2 Å². The molecule has 1 unspecified atom stereocenters. The maximum Gasteiger partial charge on any atom is 0.320 e. The van der Waals surface area contributed by atoms with E-state index in [1.807, 2.05) is 0 Å². The van der Waals surface area contributed by atoms with Crippen molar-refractivity contribution in [3.05, 3.63) is 29.6 Å². The molecular weight excluding hydrogens is 213 g/mol. The van der Waals surface area contributed by atoms with Crippen LogP contribution >= 0.6 is 0 Å². The molecule has 1 rings (SSSR count). The Hall–Kier alpha value is -1.62. The fraction of sp³-hybridized carbons (Fsp3) is 0.364. The van der Waals surface area contributed by atoms with Gasteiger partial charge in [-0.05, 0) is 25.1 Å². The van der Waals surface area contributed by atoms with Gasteiger partial charge in [0.15, 0.2) is 0 Å². The largest absolute Gasteiger partial charge is 0.496 e. The summed E-state index contributed by atoms with van der Waals surface area (Å²) in [6.07, 6.45) is 0. The summed E-state index contributed by atoms with van der Waals surface area (Å²) in [6, 6.07) is 3.44. The molecule has 0 aliphatic carbocycles. The lowest BCUT2D eigenvalue weighted by Gasteiger charge is -2.12. The zero-order chi connectivity index (χ0) is 12.1. The average molecular weight is 227 g/mol. The fourth-order valence-electron chi connectivity index (χ4n) is 1.24. The summed E-state index contributed by atoms with van der Waals surface area (Å²) in [4.78, 5) is 10.6. The van der Waals surface area contributed by atoms with Gasteiger partial charge in [-0.25, -0.2) is 4.39 Å². The summed E-state index contributed by atoms with van der Waals surface area (Å²) in [5.74, 6) is -0.789. The van der Waals surface area contributed by atoms with Crippen LogP contribution < -0.4 is 10.1 Å². The van der Waals surface area contributed by atoms with E-state index in [-0.39, 0.29) is 12.4 Å². The molecule has 0 aromatic heterocycles. The van der Waals surface area contributed by atoms with Crippen LogP contribution in [0.2, 0.25) is 0 Å². The van der Waals surface area contributed by atoms with E-state index in [1.54, 1.807) is 0 Å². The highest BCUT2D eigenvalue weighted by Crippen LogP contribution is 2.18. The van der Waals surface area contributed by atoms with Crippen molar-refractivity contribution < 1.29 is 19.0 Å². The maximum atomic E-state index is 13.0. The molecule has 4 nitrogen and oxygen atoms in total. The van der Waals surface area contributed by atoms with E-state index in [9.17, 15) is 9.18 Å². The van der Waals surface area contributed by atoms with Crippen molar-refractivity contribution in [2.45, 2.75) is 19.5 Å². The summed E-state index contributed by atoms with van der Waals surface area (Å²) >= 11 is 0. The first-order valence-electron chi connectivity index (χ1n) is 4.83. The Kier molecular flexibility index (Phi) is 4.25. The van der Waals surface area contributed by atoms with Gasteiger partial charge in [0, 0.05) is 12.1 Å². The number of carbonyl (C=O) groups is 1. The molecule has 88 valence electrons. The van der Waals surface area contributed by atoms with Gasteiger partial charge in [0.1, 0.15) is 17.6 Å². The molecule has 1 atom stereocenters. The molecule has 1 aromatic carbocycles. The summed E-state index contributed by atoms with van der Waals surface area (Å²) in [5.41, 5.74) is 0.593. The van der Waals surface area contributed by atoms with Crippen LogP contribution in [0.25, 0.3) is 0 Å². The fourth-order valence-corrected chi connectivity index (χ4v) is 1.24. The Morgan fingerprint density at radius 2 is 2.31 bits per heavy atom. The Morgan fingerprint density at radius 1 is 1.62 bits per heavy atom. The molecule has 5 heteroatoms. The summed E-state index contributed by atoms with van der Waals surface area (Å²) in [6.45, 7) is 1.77. The number of carboxylic acid groups (broad SMARTS) is 1. The van der Waals surface area contributed by atoms with Crippen LogP contribution in [0.15, 0.2) is 18.2 Å². The van der Waals surface area contributed by atoms with E-state index in [1.165, 1.54) is 32.2 Å². The molecule has 0 bridgehead atoms. The molecule has 0 heterocycles. The number of rotatable bonds is 5. The minimum absolute atomic E-state index is 0.244. The van der Waals surface area contributed by atoms with E-state index >= 15 is 0 Å². The topological polar surface area (TPSA) is 58.6 Å². The Bertz CT molecular complexity index is 381. The lowest BCUT2D eigenvalue weighted by Crippen LogP contribution is -2.33. The highest BCUT2D eigenvalue weighted by Gasteiger charge is 2.11. The number of methoxy groups -OCH3 is 1. The van der Waals surface area contributed by atoms with E-state index < -0.39 is 12.0 Å². The van der Waals surface area contributed by atoms with Gasteiger partial charge in [0.25, 0.3) is 0 Å². The van der Waals surface area contributed by atoms with E-state index in [0.717, 1.165) is 0 Å². The molecule has 16 heavy (non-hydrogen) atoms. The molecule has 2 N–H and O–H groups in total. The molecule has 0 amide bonds. The monoisotopic (exact) mass is 227 g/mol. The van der Waals surface area contributed by atoms with Crippen LogP contribution in [0.4, 0.5) is 4.39 Å². The predicted molar refractivity (Wildman–Crippen MR) is 56.9 cm³/mol. The number of hydrogen-bond acceptors (Lipinski definition) is 3. The SMILES string of the molecule is COc1ccc(F)cc1CNC(C)C(=O)O. The maximum absolute atomic E-state index is 13.0. The molecule has 0 fully saturated rings. The van der Waals surface area contributed by atoms with Gasteiger partial charge in [-0.15, -0.1) is 0 Å². The highest BCUT2D eigenvalue weighted by molar-refractivity contribution is 5.72. The lowest BCUT2D eigenvalue weighted by molar-refractivity contribution is -0.139. The van der Waals surface area contributed by atoms with Crippen molar-refractivity contribution in [1.29, 1.82) is 0 Å². The van der Waals surface area contributed by atoms with Gasteiger partial charge in [0.05, 0.1) is 7.11 Å². The molecule has 0 spiro atoms. The quantitative estimate of drug-likeness (QED) is 0.798. The van der Waals surface area contributed by atoms with Gasteiger partial charge >= 0.3 is 5.97 Å². The van der Waals surface area contributed by atoms with Gasteiger partial charge < -0.3 is 15.2 Å². The van der Waals surface area contributed by atoms with Crippen molar-refractivity contribution in [3.8, 4) is 5.75 Å². The normalized spacial score (nSPS) is 12.2. The second-order valence-electron chi connectivity index (χ2n) is 3.40. The minimum Gasteiger partial charge on any atom is -0.496 e. The third-order valence-corrected chi connectivity index (χ3v) is 2.21. The van der Waals surface area contributed by atoms with Crippen molar-refractivity contribution in [2.75, 3.05) is 7.11 Å². The first-order chi connectivity index (χ1) is 7.54. The van der Waals surface area contributed by atoms with Crippen LogP contribution in [-0.2, 0) is 11.3 Å². The second-order valence-corrected chi connectivity index (χ2v) is 3.40. The molecule has 0 aliphatic heterocycles. The number of halogens is 1. The third-order valence-electron chi connectivity index (χ3n) is 2.21. The number of benzene rings is 1. The minimum atomic E-state index is -0.949. The standard InChI is InChI=1S/C11H14FNO3/c1-7(11(14)15)13-6-8-5-9(12)3-4-10(8)16-2/h3-5,7,13H,6H2,1-2H3,(H,14,15). The first kappa shape index (κ1) is 12.4. The van der Waals surface area contributed by atoms with Gasteiger partial charge in [-0.3, -0.25) is 4.79 Å². The van der Waals surface area contributed by atoms with Crippen molar-refractivity contribution in [1.82, 2.24) is 5.32 Å². The van der Waals surface area contributed by atoms with Crippen LogP contribution in [0.3, 0.4) is 0 Å². The predicted octanol–water partition coefficient (Wildman–Crippen LogP) is 1.40. The van der Waals surface area contributed by atoms with E-state index in [4.69, 9.17) is 9.84 Å². The summed E-state index contributed by atoms with van der Waals surface area (Å²) in [7, 11) is 1.48. The van der Waals surface area contributed by atoms with Crippen molar-refractivity contribution in [3.63, 3.8) is 0 Å². The number of ether oxygens (including phenoxy) is 1. The zero-order valence-corrected chi connectivity index (χ0v) is 9.16. The van der Waals surface area contributed by atoms with Crippen molar-refractivity contribution >= 4 is 5.97 Å². The molecule has 0 aliphatic rings. The molecule has 0 saturated heterocycles. The number of aliphatic carboxylic acids is 1. The second kappa shape index (κ2) is 5.46. The third kappa shape index (κ3) is 3.20. The van der Waals surface area contributed by atoms with E-state index in [0.29, 0.717) is 11.3 Å². The number of carboxylic acids is 1. The lowest BCUT2D eigenvalue weighted by atomic mass is 10.2. The van der Waals surface area contributed by atoms with Gasteiger partial charge in [-0.1, -0.05) is 0 Å². The zero-order valence-electron chi connectivity index (χ0n) is 9.16. The molecular formula is C11H14FNO3. The Balaban J connectivity index is 2.72. The van der Waals surface area contributed by atoms with Gasteiger partial charge in [0.2, 0.25) is 0 Å².